The fourth-order valence-corrected chi connectivity index (χ4v) is 2.46. The molecule has 0 aliphatic heterocycles. The van der Waals surface area contributed by atoms with Gasteiger partial charge >= 0.3 is 0 Å². The van der Waals surface area contributed by atoms with E-state index in [1.165, 1.54) is 0 Å². The third-order valence-electron chi connectivity index (χ3n) is 1.98. The van der Waals surface area contributed by atoms with E-state index < -0.39 is 15.5 Å². The second-order valence-electron chi connectivity index (χ2n) is 3.71. The van der Waals surface area contributed by atoms with Crippen LogP contribution < -0.4 is 4.72 Å². The van der Waals surface area contributed by atoms with Crippen LogP contribution in [0.2, 0.25) is 0 Å². The van der Waals surface area contributed by atoms with Crippen LogP contribution in [0, 0.1) is 6.92 Å². The normalized spacial score (nSPS) is 14.5. The Balaban J connectivity index is 2.93. The number of nitrogens with zero attached hydrogens (tertiary/aromatic N) is 1. The standard InChI is InChI=1S/C11H15ClN2O2S/c1-8-4-6-11(7-5-8)17(15,16)14-10(3)13-9(2)12/h4-7,9H,1-3H3,(H,13,14). The second kappa shape index (κ2) is 5.51. The summed E-state index contributed by atoms with van der Waals surface area (Å²) in [6.45, 7) is 5.11. The predicted molar refractivity (Wildman–Crippen MR) is 69.9 cm³/mol. The van der Waals surface area contributed by atoms with Gasteiger partial charge in [-0.25, -0.2) is 8.42 Å². The predicted octanol–water partition coefficient (Wildman–Crippen LogP) is 2.28. The lowest BCUT2D eigenvalue weighted by molar-refractivity contribution is 0.592. The van der Waals surface area contributed by atoms with Crippen molar-refractivity contribution < 1.29 is 8.42 Å². The Hall–Kier alpha value is -1.07. The van der Waals surface area contributed by atoms with Crippen molar-refractivity contribution in [2.75, 3.05) is 0 Å². The van der Waals surface area contributed by atoms with Gasteiger partial charge in [-0.15, -0.1) is 0 Å². The van der Waals surface area contributed by atoms with Crippen LogP contribution in [0.15, 0.2) is 34.2 Å². The lowest BCUT2D eigenvalue weighted by atomic mass is 10.2. The molecule has 1 aromatic carbocycles. The molecule has 1 atom stereocenters. The summed E-state index contributed by atoms with van der Waals surface area (Å²) in [5, 5.41) is 0. The van der Waals surface area contributed by atoms with Gasteiger partial charge in [-0.2, -0.15) is 0 Å². The van der Waals surface area contributed by atoms with Crippen molar-refractivity contribution in [1.82, 2.24) is 4.72 Å². The number of hydrogen-bond donors (Lipinski definition) is 1. The van der Waals surface area contributed by atoms with Gasteiger partial charge in [0, 0.05) is 0 Å². The van der Waals surface area contributed by atoms with E-state index in [0.717, 1.165) is 5.56 Å². The zero-order valence-electron chi connectivity index (χ0n) is 9.94. The molecule has 4 nitrogen and oxygen atoms in total. The number of benzene rings is 1. The molecule has 6 heteroatoms. The van der Waals surface area contributed by atoms with Gasteiger partial charge in [0.1, 0.15) is 11.3 Å². The Kier molecular flexibility index (Phi) is 4.54. The molecule has 0 bridgehead atoms. The first kappa shape index (κ1) is 14.0. The van der Waals surface area contributed by atoms with Gasteiger partial charge < -0.3 is 0 Å². The highest BCUT2D eigenvalue weighted by Gasteiger charge is 2.14. The van der Waals surface area contributed by atoms with Gasteiger partial charge in [0.15, 0.2) is 0 Å². The van der Waals surface area contributed by atoms with Gasteiger partial charge in [0.25, 0.3) is 10.0 Å². The first-order valence-corrected chi connectivity index (χ1v) is 7.01. The fourth-order valence-electron chi connectivity index (χ4n) is 1.26. The van der Waals surface area contributed by atoms with Crippen LogP contribution in [0.3, 0.4) is 0 Å². The molecule has 0 saturated heterocycles. The Labute approximate surface area is 107 Å². The minimum Gasteiger partial charge on any atom is -0.267 e. The number of halogens is 1. The van der Waals surface area contributed by atoms with E-state index >= 15 is 0 Å². The summed E-state index contributed by atoms with van der Waals surface area (Å²) in [7, 11) is -3.56. The number of aliphatic imine (C=N–C) groups is 1. The summed E-state index contributed by atoms with van der Waals surface area (Å²) in [4.78, 5) is 4.11. The quantitative estimate of drug-likeness (QED) is 0.398. The van der Waals surface area contributed by atoms with Gasteiger partial charge in [-0.05, 0) is 32.9 Å². The molecule has 94 valence electrons. The zero-order valence-corrected chi connectivity index (χ0v) is 11.5. The molecular weight excluding hydrogens is 260 g/mol. The van der Waals surface area contributed by atoms with E-state index in [-0.39, 0.29) is 10.7 Å². The number of sulfonamides is 1. The summed E-state index contributed by atoms with van der Waals surface area (Å²) in [6.07, 6.45) is 0. The molecule has 0 aliphatic rings. The van der Waals surface area contributed by atoms with Crippen molar-refractivity contribution >= 4 is 27.5 Å². The molecule has 1 unspecified atom stereocenters. The van der Waals surface area contributed by atoms with E-state index in [1.807, 2.05) is 6.92 Å². The molecule has 0 fully saturated rings. The van der Waals surface area contributed by atoms with Gasteiger partial charge in [-0.3, -0.25) is 9.71 Å². The van der Waals surface area contributed by atoms with Crippen molar-refractivity contribution in [1.29, 1.82) is 0 Å². The van der Waals surface area contributed by atoms with Crippen molar-refractivity contribution in [2.45, 2.75) is 31.2 Å². The fraction of sp³-hybridized carbons (Fsp3) is 0.364. The summed E-state index contributed by atoms with van der Waals surface area (Å²) in [5.74, 6) is 0.271. The highest BCUT2D eigenvalue weighted by Crippen LogP contribution is 2.10. The summed E-state index contributed by atoms with van der Waals surface area (Å²) in [5.41, 5.74) is 0.541. The maximum Gasteiger partial charge on any atom is 0.262 e. The maximum atomic E-state index is 11.9. The van der Waals surface area contributed by atoms with E-state index in [4.69, 9.17) is 11.6 Å². The number of aryl methyl sites for hydroxylation is 1. The summed E-state index contributed by atoms with van der Waals surface area (Å²) < 4.78 is 26.2. The Morgan fingerprint density at radius 3 is 2.35 bits per heavy atom. The molecule has 0 aromatic heterocycles. The lowest BCUT2D eigenvalue weighted by Gasteiger charge is -2.08. The van der Waals surface area contributed by atoms with E-state index in [9.17, 15) is 8.42 Å². The third-order valence-corrected chi connectivity index (χ3v) is 3.54. The Morgan fingerprint density at radius 2 is 1.88 bits per heavy atom. The van der Waals surface area contributed by atoms with Crippen molar-refractivity contribution in [3.63, 3.8) is 0 Å². The molecular formula is C11H15ClN2O2S. The molecule has 0 saturated carbocycles. The number of rotatable bonds is 3. The van der Waals surface area contributed by atoms with Crippen LogP contribution in [0.1, 0.15) is 19.4 Å². The number of amidine groups is 1. The maximum absolute atomic E-state index is 11.9. The molecule has 1 N–H and O–H groups in total. The molecule has 0 aliphatic carbocycles. The van der Waals surface area contributed by atoms with Crippen molar-refractivity contribution in [2.24, 2.45) is 4.99 Å². The molecule has 1 aromatic rings. The van der Waals surface area contributed by atoms with Gasteiger partial charge in [0.2, 0.25) is 0 Å². The van der Waals surface area contributed by atoms with Crippen molar-refractivity contribution in [3.8, 4) is 0 Å². The van der Waals surface area contributed by atoms with E-state index in [0.29, 0.717) is 0 Å². The van der Waals surface area contributed by atoms with Crippen molar-refractivity contribution in [3.05, 3.63) is 29.8 Å². The first-order chi connectivity index (χ1) is 7.81. The topological polar surface area (TPSA) is 58.5 Å². The monoisotopic (exact) mass is 274 g/mol. The van der Waals surface area contributed by atoms with Crippen LogP contribution in [-0.4, -0.2) is 19.8 Å². The first-order valence-electron chi connectivity index (χ1n) is 5.09. The molecule has 0 amide bonds. The minimum atomic E-state index is -3.56. The molecule has 17 heavy (non-hydrogen) atoms. The zero-order chi connectivity index (χ0) is 13.1. The molecule has 0 spiro atoms. The Morgan fingerprint density at radius 1 is 1.35 bits per heavy atom. The molecule has 0 radical (unpaired) electrons. The number of alkyl halides is 1. The second-order valence-corrected chi connectivity index (χ2v) is 6.02. The van der Waals surface area contributed by atoms with Crippen LogP contribution >= 0.6 is 11.6 Å². The Bertz CT molecular complexity index is 507. The van der Waals surface area contributed by atoms with Crippen LogP contribution in [0.4, 0.5) is 0 Å². The van der Waals surface area contributed by atoms with E-state index in [1.54, 1.807) is 38.1 Å². The largest absolute Gasteiger partial charge is 0.267 e. The van der Waals surface area contributed by atoms with Gasteiger partial charge in [0.05, 0.1) is 4.90 Å². The average molecular weight is 275 g/mol. The highest BCUT2D eigenvalue weighted by molar-refractivity contribution is 7.90. The average Bonchev–Trinajstić information content (AvgIpc) is 2.15. The summed E-state index contributed by atoms with van der Waals surface area (Å²) in [6, 6.07) is 6.58. The summed E-state index contributed by atoms with van der Waals surface area (Å²) >= 11 is 5.65. The van der Waals surface area contributed by atoms with Crippen LogP contribution in [0.5, 0.6) is 0 Å². The SMILES string of the molecule is C/C(=N\C(C)Cl)NS(=O)(=O)c1ccc(C)cc1. The highest BCUT2D eigenvalue weighted by atomic mass is 35.5. The third kappa shape index (κ3) is 4.36. The van der Waals surface area contributed by atoms with E-state index in [2.05, 4.69) is 9.71 Å². The van der Waals surface area contributed by atoms with Gasteiger partial charge in [-0.1, -0.05) is 29.3 Å². The number of nitrogens with one attached hydrogen (secondary N) is 1. The smallest absolute Gasteiger partial charge is 0.262 e. The minimum absolute atomic E-state index is 0.208. The van der Waals surface area contributed by atoms with Crippen LogP contribution in [0.25, 0.3) is 0 Å². The number of hydrogen-bond acceptors (Lipinski definition) is 3. The van der Waals surface area contributed by atoms with Crippen LogP contribution in [-0.2, 0) is 10.0 Å². The lowest BCUT2D eigenvalue weighted by Crippen LogP contribution is -2.29. The molecule has 1 rings (SSSR count). The molecule has 0 heterocycles.